The zero-order valence-electron chi connectivity index (χ0n) is 13.7. The van der Waals surface area contributed by atoms with Gasteiger partial charge in [0.05, 0.1) is 5.75 Å². The van der Waals surface area contributed by atoms with Crippen LogP contribution in [0.25, 0.3) is 0 Å². The highest BCUT2D eigenvalue weighted by molar-refractivity contribution is 7.99. The monoisotopic (exact) mass is 451 g/mol. The highest BCUT2D eigenvalue weighted by atomic mass is 35.5. The maximum Gasteiger partial charge on any atom is 0.230 e. The first-order chi connectivity index (χ1) is 12.5. The van der Waals surface area contributed by atoms with E-state index in [9.17, 15) is 9.18 Å². The predicted octanol–water partition coefficient (Wildman–Crippen LogP) is 6.07. The van der Waals surface area contributed by atoms with Crippen LogP contribution in [-0.2, 0) is 16.3 Å². The minimum atomic E-state index is -0.347. The van der Waals surface area contributed by atoms with Crippen molar-refractivity contribution in [2.24, 2.45) is 0 Å². The Hall–Kier alpha value is -0.590. The number of carbonyl (C=O) groups is 1. The van der Waals surface area contributed by atoms with E-state index < -0.39 is 0 Å². The molecule has 0 atom stereocenters. The first-order valence-corrected chi connectivity index (χ1v) is 11.2. The Bertz CT molecular complexity index is 721. The zero-order valence-corrected chi connectivity index (χ0v) is 17.6. The molecule has 0 bridgehead atoms. The van der Waals surface area contributed by atoms with Gasteiger partial charge in [0, 0.05) is 44.4 Å². The third-order valence-corrected chi connectivity index (χ3v) is 6.42. The van der Waals surface area contributed by atoms with E-state index in [0.717, 1.165) is 11.3 Å². The highest BCUT2D eigenvalue weighted by Gasteiger charge is 2.09. The lowest BCUT2D eigenvalue weighted by Gasteiger charge is -2.08. The average Bonchev–Trinajstić information content (AvgIpc) is 2.59. The van der Waals surface area contributed by atoms with E-state index in [2.05, 4.69) is 5.32 Å². The molecule has 26 heavy (non-hydrogen) atoms. The minimum absolute atomic E-state index is 0.0844. The van der Waals surface area contributed by atoms with Crippen molar-refractivity contribution in [3.63, 3.8) is 0 Å². The number of hydrogen-bond donors (Lipinski definition) is 1. The van der Waals surface area contributed by atoms with Crippen LogP contribution < -0.4 is 5.32 Å². The van der Waals surface area contributed by atoms with Gasteiger partial charge in [-0.05, 0) is 29.8 Å². The summed E-state index contributed by atoms with van der Waals surface area (Å²) in [6.45, 7) is 0.548. The van der Waals surface area contributed by atoms with Crippen LogP contribution in [0, 0.1) is 5.82 Å². The van der Waals surface area contributed by atoms with Gasteiger partial charge in [-0.25, -0.2) is 4.39 Å². The molecular weight excluding hydrogens is 436 g/mol. The van der Waals surface area contributed by atoms with Crippen LogP contribution in [0.4, 0.5) is 4.39 Å². The molecule has 1 N–H and O–H groups in total. The molecule has 0 radical (unpaired) electrons. The molecule has 0 aliphatic carbocycles. The van der Waals surface area contributed by atoms with Gasteiger partial charge < -0.3 is 5.32 Å². The van der Waals surface area contributed by atoms with Gasteiger partial charge in [0.2, 0.25) is 5.91 Å². The summed E-state index contributed by atoms with van der Waals surface area (Å²) in [4.78, 5) is 11.8. The van der Waals surface area contributed by atoms with Gasteiger partial charge in [0.25, 0.3) is 0 Å². The second-order valence-electron chi connectivity index (χ2n) is 5.30. The Morgan fingerprint density at radius 3 is 2.15 bits per heavy atom. The van der Waals surface area contributed by atoms with Gasteiger partial charge in [-0.1, -0.05) is 46.9 Å². The number of rotatable bonds is 9. The maximum absolute atomic E-state index is 13.6. The molecule has 0 aromatic heterocycles. The zero-order chi connectivity index (χ0) is 18.9. The Balaban J connectivity index is 1.62. The Morgan fingerprint density at radius 1 is 0.923 bits per heavy atom. The van der Waals surface area contributed by atoms with Crippen molar-refractivity contribution in [1.82, 2.24) is 5.32 Å². The summed E-state index contributed by atoms with van der Waals surface area (Å²) in [5, 5.41) is 4.52. The number of hydrogen-bond acceptors (Lipinski definition) is 3. The molecule has 2 aromatic carbocycles. The molecule has 140 valence electrons. The molecule has 2 nitrogen and oxygen atoms in total. The van der Waals surface area contributed by atoms with Crippen molar-refractivity contribution in [2.75, 3.05) is 18.1 Å². The topological polar surface area (TPSA) is 29.1 Å². The van der Waals surface area contributed by atoms with Gasteiger partial charge in [-0.3, -0.25) is 4.79 Å². The molecule has 1 amide bonds. The minimum Gasteiger partial charge on any atom is -0.355 e. The first-order valence-electron chi connectivity index (χ1n) is 7.77. The van der Waals surface area contributed by atoms with Gasteiger partial charge in [0.1, 0.15) is 5.82 Å². The van der Waals surface area contributed by atoms with Crippen LogP contribution in [0.1, 0.15) is 11.1 Å². The lowest BCUT2D eigenvalue weighted by Crippen LogP contribution is -2.27. The van der Waals surface area contributed by atoms with Gasteiger partial charge in [0.15, 0.2) is 0 Å². The van der Waals surface area contributed by atoms with E-state index in [1.54, 1.807) is 23.9 Å². The SMILES string of the molecule is O=C(CSCc1c(F)cccc1Cl)NCCSCc1c(Cl)cccc1Cl. The second kappa shape index (κ2) is 11.3. The van der Waals surface area contributed by atoms with E-state index in [1.165, 1.54) is 17.8 Å². The van der Waals surface area contributed by atoms with E-state index in [1.807, 2.05) is 18.2 Å². The molecule has 0 saturated carbocycles. The van der Waals surface area contributed by atoms with Crippen LogP contribution in [0.15, 0.2) is 36.4 Å². The summed E-state index contributed by atoms with van der Waals surface area (Å²) in [6, 6.07) is 10.00. The summed E-state index contributed by atoms with van der Waals surface area (Å²) in [7, 11) is 0. The fourth-order valence-corrected chi connectivity index (χ4v) is 4.87. The second-order valence-corrected chi connectivity index (χ2v) is 8.61. The standard InChI is InChI=1S/C18H17Cl3FNOS2/c19-14-3-1-4-15(20)12(14)9-25-8-7-23-18(24)11-26-10-13-16(21)5-2-6-17(13)22/h1-6H,7-11H2,(H,23,24). The maximum atomic E-state index is 13.6. The normalized spacial score (nSPS) is 10.8. The molecular formula is C18H17Cl3FNOS2. The van der Waals surface area contributed by atoms with E-state index in [0.29, 0.717) is 38.7 Å². The van der Waals surface area contributed by atoms with Crippen molar-refractivity contribution in [2.45, 2.75) is 11.5 Å². The summed E-state index contributed by atoms with van der Waals surface area (Å²) < 4.78 is 13.6. The van der Waals surface area contributed by atoms with Crippen LogP contribution in [0.3, 0.4) is 0 Å². The largest absolute Gasteiger partial charge is 0.355 e. The van der Waals surface area contributed by atoms with Crippen LogP contribution in [-0.4, -0.2) is 24.0 Å². The smallest absolute Gasteiger partial charge is 0.230 e. The molecule has 8 heteroatoms. The summed E-state index contributed by atoms with van der Waals surface area (Å²) in [5.41, 5.74) is 1.34. The van der Waals surface area contributed by atoms with Gasteiger partial charge in [-0.2, -0.15) is 11.8 Å². The van der Waals surface area contributed by atoms with E-state index in [-0.39, 0.29) is 17.5 Å². The molecule has 0 fully saturated rings. The molecule has 0 unspecified atom stereocenters. The predicted molar refractivity (Wildman–Crippen MR) is 113 cm³/mol. The number of carbonyl (C=O) groups excluding carboxylic acids is 1. The van der Waals surface area contributed by atoms with Crippen molar-refractivity contribution in [3.8, 4) is 0 Å². The number of nitrogens with one attached hydrogen (secondary N) is 1. The molecule has 0 heterocycles. The van der Waals surface area contributed by atoms with Crippen LogP contribution in [0.5, 0.6) is 0 Å². The van der Waals surface area contributed by atoms with E-state index >= 15 is 0 Å². The van der Waals surface area contributed by atoms with Crippen LogP contribution >= 0.6 is 58.3 Å². The summed E-state index contributed by atoms with van der Waals surface area (Å²) in [6.07, 6.45) is 0. The van der Waals surface area contributed by atoms with Crippen molar-refractivity contribution < 1.29 is 9.18 Å². The lowest BCUT2D eigenvalue weighted by molar-refractivity contribution is -0.118. The average molecular weight is 453 g/mol. The number of amides is 1. The third kappa shape index (κ3) is 6.86. The van der Waals surface area contributed by atoms with Crippen molar-refractivity contribution >= 4 is 64.2 Å². The summed E-state index contributed by atoms with van der Waals surface area (Å²) in [5.74, 6) is 1.62. The van der Waals surface area contributed by atoms with Crippen molar-refractivity contribution in [3.05, 3.63) is 68.4 Å². The number of halogens is 4. The first kappa shape index (κ1) is 21.7. The van der Waals surface area contributed by atoms with Gasteiger partial charge in [-0.15, -0.1) is 11.8 Å². The van der Waals surface area contributed by atoms with E-state index in [4.69, 9.17) is 34.8 Å². The fourth-order valence-electron chi connectivity index (χ4n) is 2.07. The Morgan fingerprint density at radius 2 is 1.50 bits per heavy atom. The quantitative estimate of drug-likeness (QED) is 0.468. The molecule has 0 saturated heterocycles. The van der Waals surface area contributed by atoms with Crippen molar-refractivity contribution in [1.29, 1.82) is 0 Å². The highest BCUT2D eigenvalue weighted by Crippen LogP contribution is 2.28. The molecule has 0 spiro atoms. The summed E-state index contributed by atoms with van der Waals surface area (Å²) >= 11 is 21.2. The Kier molecular flexibility index (Phi) is 9.43. The molecule has 2 aromatic rings. The molecule has 2 rings (SSSR count). The lowest BCUT2D eigenvalue weighted by atomic mass is 10.2. The van der Waals surface area contributed by atoms with Gasteiger partial charge >= 0.3 is 0 Å². The number of benzene rings is 2. The third-order valence-electron chi connectivity index (χ3n) is 3.42. The molecule has 0 aliphatic heterocycles. The fraction of sp³-hybridized carbons (Fsp3) is 0.278. The number of thioether (sulfide) groups is 2. The Labute approximate surface area is 176 Å². The van der Waals surface area contributed by atoms with Crippen LogP contribution in [0.2, 0.25) is 15.1 Å². The molecule has 0 aliphatic rings.